The molecule has 1 aliphatic rings. The predicted molar refractivity (Wildman–Crippen MR) is 96.9 cm³/mol. The first kappa shape index (κ1) is 18.0. The molecule has 7 nitrogen and oxygen atoms in total. The van der Waals surface area contributed by atoms with Gasteiger partial charge in [-0.15, -0.1) is 0 Å². The van der Waals surface area contributed by atoms with Crippen molar-refractivity contribution in [3.05, 3.63) is 35.7 Å². The molecule has 138 valence electrons. The SMILES string of the molecule is Cc1coc(-c2ccc(C)c(NC(=O)NC3CCC(C(=O)O)CC3)c2)n1. The molecule has 3 N–H and O–H groups in total. The normalized spacial score (nSPS) is 19.8. The lowest BCUT2D eigenvalue weighted by molar-refractivity contribution is -0.142. The van der Waals surface area contributed by atoms with Gasteiger partial charge < -0.3 is 20.2 Å². The monoisotopic (exact) mass is 357 g/mol. The van der Waals surface area contributed by atoms with E-state index in [1.54, 1.807) is 6.26 Å². The molecule has 1 aliphatic carbocycles. The van der Waals surface area contributed by atoms with Gasteiger partial charge in [0.1, 0.15) is 6.26 Å². The van der Waals surface area contributed by atoms with Gasteiger partial charge >= 0.3 is 12.0 Å². The summed E-state index contributed by atoms with van der Waals surface area (Å²) in [5.41, 5.74) is 3.21. The molecule has 0 saturated heterocycles. The van der Waals surface area contributed by atoms with Crippen LogP contribution < -0.4 is 10.6 Å². The molecule has 1 fully saturated rings. The number of oxazole rings is 1. The number of benzene rings is 1. The predicted octanol–water partition coefficient (Wildman–Crippen LogP) is 3.72. The van der Waals surface area contributed by atoms with Gasteiger partial charge in [0.2, 0.25) is 5.89 Å². The summed E-state index contributed by atoms with van der Waals surface area (Å²) >= 11 is 0. The van der Waals surface area contributed by atoms with Crippen LogP contribution >= 0.6 is 0 Å². The van der Waals surface area contributed by atoms with Crippen molar-refractivity contribution in [1.29, 1.82) is 0 Å². The number of carboxylic acids is 1. The highest BCUT2D eigenvalue weighted by Gasteiger charge is 2.26. The highest BCUT2D eigenvalue weighted by atomic mass is 16.4. The van der Waals surface area contributed by atoms with E-state index in [9.17, 15) is 9.59 Å². The summed E-state index contributed by atoms with van der Waals surface area (Å²) in [5, 5.41) is 14.8. The summed E-state index contributed by atoms with van der Waals surface area (Å²) in [7, 11) is 0. The van der Waals surface area contributed by atoms with E-state index in [4.69, 9.17) is 9.52 Å². The summed E-state index contributed by atoms with van der Waals surface area (Å²) in [6.45, 7) is 3.77. The standard InChI is InChI=1S/C19H23N3O4/c1-11-3-4-14(17-20-12(2)10-26-17)9-16(11)22-19(25)21-15-7-5-13(6-8-15)18(23)24/h3-4,9-10,13,15H,5-8H2,1-2H3,(H,23,24)(H2,21,22,25). The topological polar surface area (TPSA) is 104 Å². The van der Waals surface area contributed by atoms with Crippen molar-refractivity contribution in [3.8, 4) is 11.5 Å². The number of carbonyl (C=O) groups is 2. The Bertz CT molecular complexity index is 807. The maximum atomic E-state index is 12.3. The fourth-order valence-electron chi connectivity index (χ4n) is 3.20. The van der Waals surface area contributed by atoms with Gasteiger partial charge in [-0.05, 0) is 57.2 Å². The molecule has 3 rings (SSSR count). The Labute approximate surface area is 151 Å². The van der Waals surface area contributed by atoms with Crippen molar-refractivity contribution in [2.24, 2.45) is 5.92 Å². The van der Waals surface area contributed by atoms with Crippen LogP contribution in [0, 0.1) is 19.8 Å². The quantitative estimate of drug-likeness (QED) is 0.773. The van der Waals surface area contributed by atoms with Crippen molar-refractivity contribution >= 4 is 17.7 Å². The van der Waals surface area contributed by atoms with E-state index in [1.165, 1.54) is 0 Å². The average Bonchev–Trinajstić information content (AvgIpc) is 3.03. The first-order valence-electron chi connectivity index (χ1n) is 8.76. The highest BCUT2D eigenvalue weighted by Crippen LogP contribution is 2.26. The van der Waals surface area contributed by atoms with Gasteiger partial charge in [-0.2, -0.15) is 0 Å². The van der Waals surface area contributed by atoms with Crippen LogP contribution in [0.3, 0.4) is 0 Å². The molecule has 0 aliphatic heterocycles. The Morgan fingerprint density at radius 2 is 1.92 bits per heavy atom. The third kappa shape index (κ3) is 4.22. The Hall–Kier alpha value is -2.83. The van der Waals surface area contributed by atoms with Crippen LogP contribution in [0.15, 0.2) is 28.9 Å². The van der Waals surface area contributed by atoms with Crippen LogP contribution in [0.2, 0.25) is 0 Å². The number of aliphatic carboxylic acids is 1. The molecule has 7 heteroatoms. The van der Waals surface area contributed by atoms with Crippen LogP contribution in [0.25, 0.3) is 11.5 Å². The van der Waals surface area contributed by atoms with Gasteiger partial charge in [-0.1, -0.05) is 6.07 Å². The number of nitrogens with zero attached hydrogens (tertiary/aromatic N) is 1. The maximum absolute atomic E-state index is 12.3. The molecule has 0 radical (unpaired) electrons. The number of hydrogen-bond donors (Lipinski definition) is 3. The van der Waals surface area contributed by atoms with Crippen LogP contribution in [0.1, 0.15) is 36.9 Å². The van der Waals surface area contributed by atoms with Gasteiger partial charge in [0, 0.05) is 17.3 Å². The average molecular weight is 357 g/mol. The molecule has 0 unspecified atom stereocenters. The second-order valence-corrected chi connectivity index (χ2v) is 6.81. The van der Waals surface area contributed by atoms with Gasteiger partial charge in [0.15, 0.2) is 0 Å². The maximum Gasteiger partial charge on any atom is 0.319 e. The van der Waals surface area contributed by atoms with E-state index in [-0.39, 0.29) is 18.0 Å². The zero-order valence-electron chi connectivity index (χ0n) is 14.9. The van der Waals surface area contributed by atoms with Crippen molar-refractivity contribution < 1.29 is 19.1 Å². The van der Waals surface area contributed by atoms with Crippen molar-refractivity contribution in [2.45, 2.75) is 45.6 Å². The van der Waals surface area contributed by atoms with E-state index in [2.05, 4.69) is 15.6 Å². The zero-order chi connectivity index (χ0) is 18.7. The molecule has 0 atom stereocenters. The largest absolute Gasteiger partial charge is 0.481 e. The minimum Gasteiger partial charge on any atom is -0.481 e. The Kier molecular flexibility index (Phi) is 5.25. The number of hydrogen-bond acceptors (Lipinski definition) is 4. The number of urea groups is 1. The van der Waals surface area contributed by atoms with E-state index < -0.39 is 5.97 Å². The molecule has 1 saturated carbocycles. The van der Waals surface area contributed by atoms with E-state index in [1.807, 2.05) is 32.0 Å². The van der Waals surface area contributed by atoms with Gasteiger partial charge in [0.05, 0.1) is 11.6 Å². The molecule has 2 amide bonds. The van der Waals surface area contributed by atoms with Crippen LogP contribution in [-0.4, -0.2) is 28.1 Å². The van der Waals surface area contributed by atoms with Crippen LogP contribution in [0.4, 0.5) is 10.5 Å². The first-order valence-corrected chi connectivity index (χ1v) is 8.76. The smallest absolute Gasteiger partial charge is 0.319 e. The van der Waals surface area contributed by atoms with Gasteiger partial charge in [-0.25, -0.2) is 9.78 Å². The second-order valence-electron chi connectivity index (χ2n) is 6.81. The lowest BCUT2D eigenvalue weighted by Gasteiger charge is -2.27. The third-order valence-corrected chi connectivity index (χ3v) is 4.76. The summed E-state index contributed by atoms with van der Waals surface area (Å²) in [6, 6.07) is 5.36. The Morgan fingerprint density at radius 3 is 2.54 bits per heavy atom. The minimum absolute atomic E-state index is 0.00322. The molecule has 2 aromatic rings. The fourth-order valence-corrected chi connectivity index (χ4v) is 3.20. The number of aryl methyl sites for hydroxylation is 2. The number of amides is 2. The lowest BCUT2D eigenvalue weighted by Crippen LogP contribution is -2.41. The van der Waals surface area contributed by atoms with Crippen LogP contribution in [0.5, 0.6) is 0 Å². The molecule has 1 aromatic carbocycles. The summed E-state index contributed by atoms with van der Waals surface area (Å²) < 4.78 is 5.41. The lowest BCUT2D eigenvalue weighted by atomic mass is 9.86. The molecular formula is C19H23N3O4. The van der Waals surface area contributed by atoms with Crippen LogP contribution in [-0.2, 0) is 4.79 Å². The molecular weight excluding hydrogens is 334 g/mol. The first-order chi connectivity index (χ1) is 12.4. The molecule has 0 spiro atoms. The van der Waals surface area contributed by atoms with Crippen molar-refractivity contribution in [1.82, 2.24) is 10.3 Å². The van der Waals surface area contributed by atoms with E-state index in [0.29, 0.717) is 37.3 Å². The number of anilines is 1. The van der Waals surface area contributed by atoms with Crippen molar-refractivity contribution in [3.63, 3.8) is 0 Å². The molecule has 0 bridgehead atoms. The summed E-state index contributed by atoms with van der Waals surface area (Å²) in [4.78, 5) is 27.6. The zero-order valence-corrected chi connectivity index (χ0v) is 14.9. The number of nitrogens with one attached hydrogen (secondary N) is 2. The van der Waals surface area contributed by atoms with Gasteiger partial charge in [0.25, 0.3) is 0 Å². The number of carboxylic acid groups (broad SMARTS) is 1. The fraction of sp³-hybridized carbons (Fsp3) is 0.421. The molecule has 1 heterocycles. The summed E-state index contributed by atoms with van der Waals surface area (Å²) in [6.07, 6.45) is 4.14. The van der Waals surface area contributed by atoms with E-state index in [0.717, 1.165) is 16.8 Å². The number of aromatic nitrogens is 1. The molecule has 1 aromatic heterocycles. The van der Waals surface area contributed by atoms with E-state index >= 15 is 0 Å². The Balaban J connectivity index is 1.61. The highest BCUT2D eigenvalue weighted by molar-refractivity contribution is 5.91. The minimum atomic E-state index is -0.748. The number of carbonyl (C=O) groups excluding carboxylic acids is 1. The van der Waals surface area contributed by atoms with Gasteiger partial charge in [-0.3, -0.25) is 4.79 Å². The molecule has 26 heavy (non-hydrogen) atoms. The number of rotatable bonds is 4. The second kappa shape index (κ2) is 7.59. The Morgan fingerprint density at radius 1 is 1.19 bits per heavy atom. The summed E-state index contributed by atoms with van der Waals surface area (Å²) in [5.74, 6) is -0.528. The van der Waals surface area contributed by atoms with Crippen molar-refractivity contribution in [2.75, 3.05) is 5.32 Å². The third-order valence-electron chi connectivity index (χ3n) is 4.76.